The van der Waals surface area contributed by atoms with Crippen molar-refractivity contribution < 1.29 is 14.3 Å². The second-order valence-corrected chi connectivity index (χ2v) is 12.7. The highest BCUT2D eigenvalue weighted by Gasteiger charge is 2.43. The first kappa shape index (κ1) is 30.5. The fourth-order valence-corrected chi connectivity index (χ4v) is 6.93. The predicted octanol–water partition coefficient (Wildman–Crippen LogP) is 7.26. The van der Waals surface area contributed by atoms with Crippen molar-refractivity contribution in [2.45, 2.75) is 50.2 Å². The number of thioether (sulfide) groups is 1. The van der Waals surface area contributed by atoms with Crippen LogP contribution in [-0.4, -0.2) is 41.7 Å². The molecule has 2 amide bonds. The van der Waals surface area contributed by atoms with Gasteiger partial charge in [-0.05, 0) is 66.8 Å². The molecule has 1 unspecified atom stereocenters. The number of benzene rings is 3. The first-order chi connectivity index (χ1) is 19.7. The SMILES string of the molecule is CNC(=O)[C@H](Cc1c[nH]c2cccc(Cl)c12)N(C(=O)C(C)(CC(C)C)SCc1ccc(OC)cc1)c1ccccc1. The summed E-state index contributed by atoms with van der Waals surface area (Å²) in [7, 11) is 3.25. The number of hydrogen-bond donors (Lipinski definition) is 2. The Kier molecular flexibility index (Phi) is 10.1. The van der Waals surface area contributed by atoms with Crippen LogP contribution < -0.4 is 15.0 Å². The van der Waals surface area contributed by atoms with E-state index in [-0.39, 0.29) is 17.7 Å². The summed E-state index contributed by atoms with van der Waals surface area (Å²) in [5.41, 5.74) is 3.54. The molecule has 1 heterocycles. The molecule has 8 heteroatoms. The fourth-order valence-electron chi connectivity index (χ4n) is 5.28. The maximum absolute atomic E-state index is 14.8. The Labute approximate surface area is 251 Å². The zero-order valence-electron chi connectivity index (χ0n) is 24.2. The Morgan fingerprint density at radius 1 is 1.05 bits per heavy atom. The number of aromatic nitrogens is 1. The van der Waals surface area contributed by atoms with Crippen molar-refractivity contribution in [3.63, 3.8) is 0 Å². The zero-order chi connectivity index (χ0) is 29.6. The summed E-state index contributed by atoms with van der Waals surface area (Å²) >= 11 is 8.20. The van der Waals surface area contributed by atoms with Crippen LogP contribution in [0.5, 0.6) is 5.75 Å². The van der Waals surface area contributed by atoms with E-state index < -0.39 is 10.8 Å². The number of fused-ring (bicyclic) bond motifs is 1. The summed E-state index contributed by atoms with van der Waals surface area (Å²) in [6.45, 7) is 6.25. The van der Waals surface area contributed by atoms with Gasteiger partial charge in [-0.1, -0.05) is 61.8 Å². The Morgan fingerprint density at radius 2 is 1.76 bits per heavy atom. The number of nitrogens with one attached hydrogen (secondary N) is 2. The van der Waals surface area contributed by atoms with Crippen LogP contribution in [0.4, 0.5) is 5.69 Å². The second kappa shape index (κ2) is 13.5. The third-order valence-electron chi connectivity index (χ3n) is 7.23. The standard InChI is InChI=1S/C33H38ClN3O3S/c1-22(2)19-33(3,41-21-23-14-16-26(40-5)17-15-23)32(39)37(25-10-7-6-8-11-25)29(31(38)35-4)18-24-20-36-28-13-9-12-27(34)30(24)28/h6-17,20,22,29,36H,18-19,21H2,1-5H3,(H,35,38)/t29-,33?/m0/s1. The molecule has 3 aromatic carbocycles. The molecule has 216 valence electrons. The van der Waals surface area contributed by atoms with E-state index in [4.69, 9.17) is 16.3 Å². The number of carbonyl (C=O) groups excluding carboxylic acids is 2. The Bertz CT molecular complexity index is 1470. The van der Waals surface area contributed by atoms with Gasteiger partial charge in [0.1, 0.15) is 11.8 Å². The number of nitrogens with zero attached hydrogens (tertiary/aromatic N) is 1. The molecule has 2 atom stereocenters. The molecular formula is C33H38ClN3O3S. The van der Waals surface area contributed by atoms with Crippen molar-refractivity contribution in [1.82, 2.24) is 10.3 Å². The van der Waals surface area contributed by atoms with Gasteiger partial charge in [-0.2, -0.15) is 0 Å². The molecule has 0 saturated carbocycles. The summed E-state index contributed by atoms with van der Waals surface area (Å²) in [4.78, 5) is 33.4. The van der Waals surface area contributed by atoms with Gasteiger partial charge in [-0.25, -0.2) is 0 Å². The first-order valence-electron chi connectivity index (χ1n) is 13.8. The topological polar surface area (TPSA) is 74.4 Å². The molecule has 0 aliphatic heterocycles. The molecule has 0 fully saturated rings. The summed E-state index contributed by atoms with van der Waals surface area (Å²) in [5.74, 6) is 1.35. The third kappa shape index (κ3) is 7.08. The summed E-state index contributed by atoms with van der Waals surface area (Å²) in [6, 6.07) is 22.3. The number of anilines is 1. The molecular weight excluding hydrogens is 554 g/mol. The van der Waals surface area contributed by atoms with E-state index in [2.05, 4.69) is 24.1 Å². The largest absolute Gasteiger partial charge is 0.497 e. The Balaban J connectivity index is 1.76. The zero-order valence-corrected chi connectivity index (χ0v) is 25.8. The normalized spacial score (nSPS) is 13.5. The summed E-state index contributed by atoms with van der Waals surface area (Å²) in [6.07, 6.45) is 2.83. The average molecular weight is 592 g/mol. The predicted molar refractivity (Wildman–Crippen MR) is 171 cm³/mol. The number of likely N-dealkylation sites (N-methyl/N-ethyl adjacent to an activating group) is 1. The average Bonchev–Trinajstić information content (AvgIpc) is 3.39. The maximum Gasteiger partial charge on any atom is 0.243 e. The van der Waals surface area contributed by atoms with Crippen LogP contribution in [0, 0.1) is 5.92 Å². The quantitative estimate of drug-likeness (QED) is 0.182. The van der Waals surface area contributed by atoms with Gasteiger partial charge in [0, 0.05) is 42.0 Å². The maximum atomic E-state index is 14.8. The molecule has 0 bridgehead atoms. The monoisotopic (exact) mass is 591 g/mol. The van der Waals surface area contributed by atoms with E-state index in [9.17, 15) is 9.59 Å². The van der Waals surface area contributed by atoms with Crippen molar-refractivity contribution in [2.24, 2.45) is 5.92 Å². The highest BCUT2D eigenvalue weighted by atomic mass is 35.5. The van der Waals surface area contributed by atoms with E-state index >= 15 is 0 Å². The van der Waals surface area contributed by atoms with E-state index in [1.165, 1.54) is 0 Å². The Morgan fingerprint density at radius 3 is 2.39 bits per heavy atom. The number of para-hydroxylation sites is 1. The number of halogens is 1. The number of aromatic amines is 1. The highest BCUT2D eigenvalue weighted by Crippen LogP contribution is 2.39. The van der Waals surface area contributed by atoms with Gasteiger partial charge in [0.05, 0.1) is 16.9 Å². The van der Waals surface area contributed by atoms with E-state index in [1.807, 2.05) is 85.9 Å². The van der Waals surface area contributed by atoms with E-state index in [1.54, 1.807) is 30.8 Å². The molecule has 0 spiro atoms. The van der Waals surface area contributed by atoms with Crippen LogP contribution in [0.25, 0.3) is 10.9 Å². The van der Waals surface area contributed by atoms with Crippen molar-refractivity contribution in [3.05, 3.63) is 95.1 Å². The van der Waals surface area contributed by atoms with Crippen LogP contribution in [-0.2, 0) is 21.8 Å². The summed E-state index contributed by atoms with van der Waals surface area (Å²) in [5, 5.41) is 4.28. The van der Waals surface area contributed by atoms with Gasteiger partial charge in [-0.15, -0.1) is 11.8 Å². The molecule has 4 rings (SSSR count). The van der Waals surface area contributed by atoms with Crippen molar-refractivity contribution in [2.75, 3.05) is 19.1 Å². The number of hydrogen-bond acceptors (Lipinski definition) is 4. The number of carbonyl (C=O) groups is 2. The molecule has 0 radical (unpaired) electrons. The second-order valence-electron chi connectivity index (χ2n) is 10.8. The lowest BCUT2D eigenvalue weighted by atomic mass is 9.94. The van der Waals surface area contributed by atoms with Crippen molar-refractivity contribution >= 4 is 51.8 Å². The minimum atomic E-state index is -0.798. The first-order valence-corrected chi connectivity index (χ1v) is 15.1. The molecule has 6 nitrogen and oxygen atoms in total. The van der Waals surface area contributed by atoms with E-state index in [0.717, 1.165) is 27.8 Å². The van der Waals surface area contributed by atoms with Gasteiger partial charge in [-0.3, -0.25) is 14.5 Å². The molecule has 1 aromatic heterocycles. The van der Waals surface area contributed by atoms with E-state index in [0.29, 0.717) is 29.3 Å². The third-order valence-corrected chi connectivity index (χ3v) is 9.00. The van der Waals surface area contributed by atoms with Crippen LogP contribution in [0.15, 0.2) is 79.0 Å². The number of H-pyrrole nitrogens is 1. The molecule has 2 N–H and O–H groups in total. The number of amides is 2. The molecule has 4 aromatic rings. The number of ether oxygens (including phenoxy) is 1. The molecule has 0 aliphatic carbocycles. The number of rotatable bonds is 12. The smallest absolute Gasteiger partial charge is 0.243 e. The fraction of sp³-hybridized carbons (Fsp3) is 0.333. The number of methoxy groups -OCH3 is 1. The van der Waals surface area contributed by atoms with Crippen LogP contribution in [0.1, 0.15) is 38.3 Å². The lowest BCUT2D eigenvalue weighted by molar-refractivity contribution is -0.127. The summed E-state index contributed by atoms with van der Waals surface area (Å²) < 4.78 is 4.51. The van der Waals surface area contributed by atoms with Crippen molar-refractivity contribution in [3.8, 4) is 5.75 Å². The minimum Gasteiger partial charge on any atom is -0.497 e. The minimum absolute atomic E-state index is 0.101. The van der Waals surface area contributed by atoms with Crippen LogP contribution in [0.2, 0.25) is 5.02 Å². The lowest BCUT2D eigenvalue weighted by Crippen LogP contribution is -2.56. The lowest BCUT2D eigenvalue weighted by Gasteiger charge is -2.39. The van der Waals surface area contributed by atoms with Crippen LogP contribution >= 0.6 is 23.4 Å². The molecule has 0 saturated heterocycles. The van der Waals surface area contributed by atoms with Crippen molar-refractivity contribution in [1.29, 1.82) is 0 Å². The van der Waals surface area contributed by atoms with Gasteiger partial charge < -0.3 is 15.0 Å². The van der Waals surface area contributed by atoms with Crippen LogP contribution in [0.3, 0.4) is 0 Å². The van der Waals surface area contributed by atoms with Gasteiger partial charge in [0.15, 0.2) is 0 Å². The molecule has 0 aliphatic rings. The van der Waals surface area contributed by atoms with Gasteiger partial charge >= 0.3 is 0 Å². The van der Waals surface area contributed by atoms with Gasteiger partial charge in [0.25, 0.3) is 0 Å². The van der Waals surface area contributed by atoms with Gasteiger partial charge in [0.2, 0.25) is 11.8 Å². The highest BCUT2D eigenvalue weighted by molar-refractivity contribution is 8.00. The Hall–Kier alpha value is -3.42. The molecule has 41 heavy (non-hydrogen) atoms.